The molecule has 2 aromatic rings. The summed E-state index contributed by atoms with van der Waals surface area (Å²) in [5, 5.41) is 12.8. The van der Waals surface area contributed by atoms with Crippen molar-refractivity contribution in [3.05, 3.63) is 65.2 Å². The normalized spacial score (nSPS) is 24.8. The van der Waals surface area contributed by atoms with Gasteiger partial charge < -0.3 is 5.32 Å². The Morgan fingerprint density at radius 3 is 2.60 bits per heavy atom. The predicted molar refractivity (Wildman–Crippen MR) is 142 cm³/mol. The first-order chi connectivity index (χ1) is 17.0. The number of anilines is 1. The highest BCUT2D eigenvalue weighted by Gasteiger charge is 2.32. The summed E-state index contributed by atoms with van der Waals surface area (Å²) in [4.78, 5) is 12.3. The highest BCUT2D eigenvalue weighted by atomic mass is 32.2. The Kier molecular flexibility index (Phi) is 7.35. The molecule has 0 spiro atoms. The number of aryl methyl sites for hydroxylation is 1. The van der Waals surface area contributed by atoms with Crippen LogP contribution in [0.5, 0.6) is 0 Å². The van der Waals surface area contributed by atoms with E-state index in [1.54, 1.807) is 0 Å². The van der Waals surface area contributed by atoms with Crippen LogP contribution in [0.1, 0.15) is 67.6 Å². The molecule has 2 unspecified atom stereocenters. The number of hydrogen-bond donors (Lipinski definition) is 3. The van der Waals surface area contributed by atoms with E-state index in [4.69, 9.17) is 11.3 Å². The van der Waals surface area contributed by atoms with Crippen molar-refractivity contribution in [2.45, 2.75) is 69.7 Å². The van der Waals surface area contributed by atoms with Crippen molar-refractivity contribution >= 4 is 27.6 Å². The lowest BCUT2D eigenvalue weighted by Crippen LogP contribution is -2.41. The molecule has 0 saturated heterocycles. The van der Waals surface area contributed by atoms with Gasteiger partial charge in [0.1, 0.15) is 0 Å². The summed E-state index contributed by atoms with van der Waals surface area (Å²) in [6.45, 7) is 0. The van der Waals surface area contributed by atoms with E-state index in [1.165, 1.54) is 28.1 Å². The molecule has 186 valence electrons. The highest BCUT2D eigenvalue weighted by molar-refractivity contribution is 8.00. The number of para-hydroxylation sites is 1. The number of benzene rings is 2. The number of nitrogens with one attached hydrogen (secondary N) is 2. The fourth-order valence-electron chi connectivity index (χ4n) is 5.76. The molecule has 3 aliphatic rings. The van der Waals surface area contributed by atoms with Crippen molar-refractivity contribution in [1.82, 2.24) is 5.32 Å². The number of amides is 1. The third kappa shape index (κ3) is 5.51. The van der Waals surface area contributed by atoms with E-state index in [0.717, 1.165) is 51.4 Å². The van der Waals surface area contributed by atoms with E-state index in [2.05, 4.69) is 23.5 Å². The number of rotatable bonds is 6. The van der Waals surface area contributed by atoms with Gasteiger partial charge in [-0.1, -0.05) is 42.8 Å². The molecule has 2 saturated carbocycles. The molecule has 5 rings (SSSR count). The van der Waals surface area contributed by atoms with Crippen LogP contribution in [0.25, 0.3) is 0 Å². The molecule has 35 heavy (non-hydrogen) atoms. The van der Waals surface area contributed by atoms with Crippen molar-refractivity contribution in [3.63, 3.8) is 0 Å². The Hall–Kier alpha value is -2.51. The second-order valence-electron chi connectivity index (χ2n) is 10.5. The van der Waals surface area contributed by atoms with Crippen LogP contribution < -0.4 is 16.2 Å². The topological polar surface area (TPSA) is 99.3 Å². The van der Waals surface area contributed by atoms with Gasteiger partial charge in [-0.15, -0.1) is 0 Å². The number of hydrogen-bond acceptors (Lipinski definition) is 4. The number of amidine groups is 1. The zero-order valence-corrected chi connectivity index (χ0v) is 21.1. The van der Waals surface area contributed by atoms with E-state index in [0.29, 0.717) is 23.4 Å². The van der Waals surface area contributed by atoms with Gasteiger partial charge in [0.2, 0.25) is 11.1 Å². The average Bonchev–Trinajstić information content (AvgIpc) is 3.30. The molecule has 2 aromatic carbocycles. The molecule has 0 aliphatic heterocycles. The molecule has 4 atom stereocenters. The van der Waals surface area contributed by atoms with E-state index in [9.17, 15) is 9.00 Å². The number of carbonyl (C=O) groups is 1. The van der Waals surface area contributed by atoms with Gasteiger partial charge in [-0.3, -0.25) is 19.4 Å². The molecule has 0 bridgehead atoms. The molecule has 3 aliphatic carbocycles. The third-order valence-corrected chi connectivity index (χ3v) is 9.55. The Morgan fingerprint density at radius 2 is 1.86 bits per heavy atom. The summed E-state index contributed by atoms with van der Waals surface area (Å²) in [5.41, 5.74) is 4.82. The van der Waals surface area contributed by atoms with E-state index in [-0.39, 0.29) is 22.9 Å². The number of hydrazine groups is 1. The monoisotopic (exact) mass is 492 g/mol. The first-order valence-corrected chi connectivity index (χ1v) is 14.3. The standard InChI is InChI=1S/C28H36N4O2S/c29-28(32(30)26-7-2-1-3-8-26)35(34)18-19-9-10-22-16-23(12-11-21(22)15-19)24-13-14-25(17-24)31-27(33)20-5-4-6-20/h1-3,7-8,11-12,16,19-20,24-25,29H,4-6,9-10,13-15,17-18,30H2,(H,31,33)/t19?,24-,25+,35?/m0/s1. The summed E-state index contributed by atoms with van der Waals surface area (Å²) < 4.78 is 12.9. The number of nitrogens with zero attached hydrogens (tertiary/aromatic N) is 1. The highest BCUT2D eigenvalue weighted by Crippen LogP contribution is 2.37. The number of fused-ring (bicyclic) bond motifs is 1. The quantitative estimate of drug-likeness (QED) is 0.241. The summed E-state index contributed by atoms with van der Waals surface area (Å²) in [6.07, 6.45) is 9.41. The maximum Gasteiger partial charge on any atom is 0.223 e. The van der Waals surface area contributed by atoms with Crippen molar-refractivity contribution in [1.29, 1.82) is 5.41 Å². The third-order valence-electron chi connectivity index (χ3n) is 8.14. The molecule has 6 nitrogen and oxygen atoms in total. The lowest BCUT2D eigenvalue weighted by molar-refractivity contribution is -0.128. The van der Waals surface area contributed by atoms with Crippen LogP contribution >= 0.6 is 0 Å². The Morgan fingerprint density at radius 1 is 1.06 bits per heavy atom. The molecule has 0 radical (unpaired) electrons. The van der Waals surface area contributed by atoms with Crippen molar-refractivity contribution in [2.24, 2.45) is 17.7 Å². The van der Waals surface area contributed by atoms with Crippen LogP contribution in [0.4, 0.5) is 5.69 Å². The average molecular weight is 493 g/mol. The Balaban J connectivity index is 1.15. The van der Waals surface area contributed by atoms with Crippen molar-refractivity contribution in [3.8, 4) is 0 Å². The van der Waals surface area contributed by atoms with Gasteiger partial charge in [-0.2, -0.15) is 0 Å². The second-order valence-corrected chi connectivity index (χ2v) is 11.9. The maximum atomic E-state index is 12.9. The van der Waals surface area contributed by atoms with Crippen molar-refractivity contribution in [2.75, 3.05) is 10.8 Å². The molecule has 1 amide bonds. The maximum absolute atomic E-state index is 12.9. The number of nitrogens with two attached hydrogens (primary N) is 1. The summed E-state index contributed by atoms with van der Waals surface area (Å²) in [6, 6.07) is 16.4. The zero-order chi connectivity index (χ0) is 24.4. The van der Waals surface area contributed by atoms with Crippen LogP contribution in [0.3, 0.4) is 0 Å². The van der Waals surface area contributed by atoms with E-state index >= 15 is 0 Å². The minimum absolute atomic E-state index is 0.0440. The summed E-state index contributed by atoms with van der Waals surface area (Å²) in [7, 11) is -1.44. The first kappa shape index (κ1) is 24.2. The van der Waals surface area contributed by atoms with Crippen molar-refractivity contribution < 1.29 is 9.00 Å². The van der Waals surface area contributed by atoms with Gasteiger partial charge >= 0.3 is 0 Å². The minimum atomic E-state index is -1.44. The van der Waals surface area contributed by atoms with Crippen LogP contribution in [-0.4, -0.2) is 27.1 Å². The smallest absolute Gasteiger partial charge is 0.223 e. The SMILES string of the molecule is N=C(N(N)c1ccccc1)S(=O)CC1CCc2cc([C@H]3CC[C@@H](NC(=O)C4CCC4)C3)ccc2C1. The second kappa shape index (κ2) is 10.6. The van der Waals surface area contributed by atoms with Gasteiger partial charge in [0.15, 0.2) is 0 Å². The van der Waals surface area contributed by atoms with Gasteiger partial charge in [0, 0.05) is 17.7 Å². The molecule has 0 aromatic heterocycles. The lowest BCUT2D eigenvalue weighted by atomic mass is 9.82. The molecular formula is C28H36N4O2S. The molecule has 0 heterocycles. The summed E-state index contributed by atoms with van der Waals surface area (Å²) in [5.74, 6) is 7.85. The zero-order valence-electron chi connectivity index (χ0n) is 20.2. The fourth-order valence-corrected chi connectivity index (χ4v) is 6.96. The Bertz CT molecular complexity index is 1100. The molecule has 7 heteroatoms. The number of carbonyl (C=O) groups excluding carboxylic acids is 1. The molecule has 4 N–H and O–H groups in total. The van der Waals surface area contributed by atoms with Gasteiger partial charge in [-0.05, 0) is 92.0 Å². The van der Waals surface area contributed by atoms with Crippen LogP contribution in [-0.2, 0) is 28.4 Å². The molecule has 2 fully saturated rings. The lowest BCUT2D eigenvalue weighted by Gasteiger charge is -2.27. The largest absolute Gasteiger partial charge is 0.353 e. The summed E-state index contributed by atoms with van der Waals surface area (Å²) >= 11 is 0. The predicted octanol–water partition coefficient (Wildman–Crippen LogP) is 4.41. The fraction of sp³-hybridized carbons (Fsp3) is 0.500. The van der Waals surface area contributed by atoms with Crippen LogP contribution in [0, 0.1) is 17.2 Å². The minimum Gasteiger partial charge on any atom is -0.353 e. The molecular weight excluding hydrogens is 456 g/mol. The Labute approximate surface area is 210 Å². The van der Waals surface area contributed by atoms with Gasteiger partial charge in [0.25, 0.3) is 0 Å². The van der Waals surface area contributed by atoms with Gasteiger partial charge in [-0.25, -0.2) is 5.84 Å². The van der Waals surface area contributed by atoms with Crippen LogP contribution in [0.2, 0.25) is 0 Å². The van der Waals surface area contributed by atoms with Gasteiger partial charge in [0.05, 0.1) is 16.5 Å². The first-order valence-electron chi connectivity index (χ1n) is 13.0. The van der Waals surface area contributed by atoms with E-state index in [1.807, 2.05) is 30.3 Å². The van der Waals surface area contributed by atoms with Crippen LogP contribution in [0.15, 0.2) is 48.5 Å². The van der Waals surface area contributed by atoms with E-state index < -0.39 is 10.8 Å².